The number of piperidine rings is 1. The number of aliphatic hydroxyl groups excluding tert-OH is 1. The van der Waals surface area contributed by atoms with Crippen LogP contribution in [0, 0.1) is 6.92 Å². The summed E-state index contributed by atoms with van der Waals surface area (Å²) in [5.74, 6) is -0.862. The molecule has 1 aliphatic heterocycles. The van der Waals surface area contributed by atoms with E-state index in [-0.39, 0.29) is 52.6 Å². The van der Waals surface area contributed by atoms with E-state index in [1.54, 1.807) is 21.0 Å². The monoisotopic (exact) mass is 490 g/mol. The number of hydrogen-bond acceptors (Lipinski definition) is 8. The van der Waals surface area contributed by atoms with Crippen molar-refractivity contribution >= 4 is 51.5 Å². The highest BCUT2D eigenvalue weighted by atomic mass is 35.5. The van der Waals surface area contributed by atoms with Gasteiger partial charge >= 0.3 is 5.97 Å². The molecule has 0 saturated carbocycles. The lowest BCUT2D eigenvalue weighted by Gasteiger charge is -2.37. The molecule has 1 amide bonds. The van der Waals surface area contributed by atoms with Crippen molar-refractivity contribution < 1.29 is 24.2 Å². The predicted molar refractivity (Wildman–Crippen MR) is 118 cm³/mol. The summed E-state index contributed by atoms with van der Waals surface area (Å²) < 4.78 is 10.7. The van der Waals surface area contributed by atoms with E-state index in [1.807, 2.05) is 4.90 Å². The van der Waals surface area contributed by atoms with Gasteiger partial charge in [-0.15, -0.1) is 0 Å². The average molecular weight is 491 g/mol. The first-order valence-corrected chi connectivity index (χ1v) is 11.3. The maximum Gasteiger partial charge on any atom is 0.350 e. The van der Waals surface area contributed by atoms with Crippen molar-refractivity contribution in [3.8, 4) is 0 Å². The fourth-order valence-corrected chi connectivity index (χ4v) is 4.82. The number of aromatic nitrogens is 2. The molecule has 3 N–H and O–H groups in total. The first-order valence-electron chi connectivity index (χ1n) is 9.70. The fraction of sp³-hybridized carbons (Fsp3) is 0.526. The minimum Gasteiger partial charge on any atom is -0.462 e. The summed E-state index contributed by atoms with van der Waals surface area (Å²) in [6, 6.07) is -0.256. The minimum absolute atomic E-state index is 0.189. The summed E-state index contributed by atoms with van der Waals surface area (Å²) in [5, 5.41) is 13.6. The highest BCUT2D eigenvalue weighted by Gasteiger charge is 2.33. The molecule has 1 saturated heterocycles. The zero-order valence-electron chi connectivity index (χ0n) is 17.3. The van der Waals surface area contributed by atoms with Crippen LogP contribution in [0.25, 0.3) is 0 Å². The predicted octanol–water partition coefficient (Wildman–Crippen LogP) is 2.78. The molecule has 31 heavy (non-hydrogen) atoms. The molecule has 3 rings (SSSR count). The van der Waals surface area contributed by atoms with Crippen LogP contribution in [0.1, 0.15) is 44.9 Å². The lowest BCUT2D eigenvalue weighted by Crippen LogP contribution is -2.55. The van der Waals surface area contributed by atoms with Crippen molar-refractivity contribution in [3.05, 3.63) is 32.0 Å². The normalized spacial score (nSPS) is 18.8. The smallest absolute Gasteiger partial charge is 0.350 e. The minimum atomic E-state index is -0.502. The van der Waals surface area contributed by atoms with Crippen LogP contribution in [-0.2, 0) is 16.1 Å². The number of rotatable bonds is 7. The van der Waals surface area contributed by atoms with Gasteiger partial charge in [-0.1, -0.05) is 34.5 Å². The lowest BCUT2D eigenvalue weighted by molar-refractivity contribution is 0.0527. The second-order valence-corrected chi connectivity index (χ2v) is 8.73. The quantitative estimate of drug-likeness (QED) is 0.510. The number of halogens is 2. The van der Waals surface area contributed by atoms with Gasteiger partial charge in [0.15, 0.2) is 5.13 Å². The number of H-pyrrole nitrogens is 1. The number of nitrogens with zero attached hydrogens (tertiary/aromatic N) is 2. The molecule has 1 fully saturated rings. The first-order chi connectivity index (χ1) is 14.8. The number of anilines is 1. The summed E-state index contributed by atoms with van der Waals surface area (Å²) in [6.45, 7) is 4.36. The van der Waals surface area contributed by atoms with Crippen LogP contribution in [0.5, 0.6) is 0 Å². The summed E-state index contributed by atoms with van der Waals surface area (Å²) in [6.07, 6.45) is 0.258. The van der Waals surface area contributed by atoms with Gasteiger partial charge in [-0.25, -0.2) is 9.78 Å². The van der Waals surface area contributed by atoms with Crippen LogP contribution in [-0.4, -0.2) is 65.9 Å². The van der Waals surface area contributed by atoms with Gasteiger partial charge in [-0.05, 0) is 20.3 Å². The van der Waals surface area contributed by atoms with E-state index in [1.165, 1.54) is 11.3 Å². The molecule has 0 aromatic carbocycles. The Bertz CT molecular complexity index is 963. The first kappa shape index (κ1) is 23.8. The number of nitrogens with one attached hydrogen (secondary N) is 2. The van der Waals surface area contributed by atoms with Gasteiger partial charge in [0.2, 0.25) is 0 Å². The molecule has 3 heterocycles. The summed E-state index contributed by atoms with van der Waals surface area (Å²) in [5.41, 5.74) is 1.13. The lowest BCUT2D eigenvalue weighted by atomic mass is 10.0. The highest BCUT2D eigenvalue weighted by molar-refractivity contribution is 7.17. The van der Waals surface area contributed by atoms with Gasteiger partial charge in [0.05, 0.1) is 41.1 Å². The molecule has 12 heteroatoms. The molecule has 1 aliphatic rings. The van der Waals surface area contributed by atoms with Crippen LogP contribution in [0.2, 0.25) is 10.0 Å². The Hall–Kier alpha value is -1.85. The Morgan fingerprint density at radius 1 is 1.39 bits per heavy atom. The Balaban J connectivity index is 1.71. The third kappa shape index (κ3) is 4.98. The second kappa shape index (κ2) is 10.2. The number of carbonyl (C=O) groups is 2. The third-order valence-corrected chi connectivity index (χ3v) is 7.11. The topological polar surface area (TPSA) is 117 Å². The number of thiazole rings is 1. The largest absolute Gasteiger partial charge is 0.462 e. The molecule has 2 atom stereocenters. The number of carbonyl (C=O) groups excluding carboxylic acids is 2. The molecular formula is C19H24Cl2N4O5S. The van der Waals surface area contributed by atoms with E-state index in [4.69, 9.17) is 32.7 Å². The second-order valence-electron chi connectivity index (χ2n) is 6.99. The van der Waals surface area contributed by atoms with Crippen LogP contribution < -0.4 is 10.2 Å². The molecule has 9 nitrogen and oxygen atoms in total. The van der Waals surface area contributed by atoms with Crippen LogP contribution in [0.3, 0.4) is 0 Å². The number of aryl methyl sites for hydroxylation is 1. The number of ether oxygens (including phenoxy) is 2. The van der Waals surface area contributed by atoms with Gasteiger partial charge < -0.3 is 29.8 Å². The van der Waals surface area contributed by atoms with Crippen LogP contribution in [0.15, 0.2) is 0 Å². The maximum atomic E-state index is 12.7. The van der Waals surface area contributed by atoms with Gasteiger partial charge in [0.1, 0.15) is 10.6 Å². The van der Waals surface area contributed by atoms with Crippen molar-refractivity contribution in [1.82, 2.24) is 15.3 Å². The third-order valence-electron chi connectivity index (χ3n) is 5.03. The van der Waals surface area contributed by atoms with E-state index in [0.29, 0.717) is 35.4 Å². The fourth-order valence-electron chi connectivity index (χ4n) is 3.40. The number of aromatic amines is 1. The maximum absolute atomic E-state index is 12.7. The molecule has 2 aromatic heterocycles. The number of amides is 1. The van der Waals surface area contributed by atoms with Crippen molar-refractivity contribution in [3.63, 3.8) is 0 Å². The van der Waals surface area contributed by atoms with E-state index in [9.17, 15) is 14.7 Å². The van der Waals surface area contributed by atoms with Crippen molar-refractivity contribution in [2.24, 2.45) is 0 Å². The van der Waals surface area contributed by atoms with E-state index in [2.05, 4.69) is 15.3 Å². The molecule has 0 aliphatic carbocycles. The average Bonchev–Trinajstić information content (AvgIpc) is 3.31. The van der Waals surface area contributed by atoms with Crippen LogP contribution >= 0.6 is 34.5 Å². The Morgan fingerprint density at radius 2 is 2.13 bits per heavy atom. The molecule has 0 spiro atoms. The Kier molecular flexibility index (Phi) is 7.82. The summed E-state index contributed by atoms with van der Waals surface area (Å²) in [4.78, 5) is 34.4. The molecule has 170 valence electrons. The molecular weight excluding hydrogens is 467 g/mol. The van der Waals surface area contributed by atoms with Gasteiger partial charge in [0.25, 0.3) is 5.91 Å². The summed E-state index contributed by atoms with van der Waals surface area (Å²) >= 11 is 13.4. The van der Waals surface area contributed by atoms with E-state index in [0.717, 1.165) is 0 Å². The Labute approximate surface area is 193 Å². The van der Waals surface area contributed by atoms with Gasteiger partial charge in [-0.2, -0.15) is 0 Å². The number of esters is 1. The van der Waals surface area contributed by atoms with Crippen LogP contribution in [0.4, 0.5) is 5.13 Å². The Morgan fingerprint density at radius 3 is 2.71 bits per heavy atom. The van der Waals surface area contributed by atoms with Crippen molar-refractivity contribution in [1.29, 1.82) is 0 Å². The number of methoxy groups -OCH3 is 1. The highest BCUT2D eigenvalue weighted by Crippen LogP contribution is 2.31. The number of aliphatic hydroxyl groups is 1. The van der Waals surface area contributed by atoms with Crippen molar-refractivity contribution in [2.45, 2.75) is 39.0 Å². The van der Waals surface area contributed by atoms with Gasteiger partial charge in [-0.3, -0.25) is 4.79 Å². The molecule has 2 aromatic rings. The van der Waals surface area contributed by atoms with E-state index < -0.39 is 5.97 Å². The SMILES string of the molecule is CCOC(=O)c1sc(N2CC[C@@H](NC(=O)c3[nH]c(C)c(Cl)c3Cl)[C@@H](OC)C2)nc1CO. The number of hydrogen-bond donors (Lipinski definition) is 3. The van der Waals surface area contributed by atoms with Gasteiger partial charge in [0, 0.05) is 25.9 Å². The van der Waals surface area contributed by atoms with Crippen molar-refractivity contribution in [2.75, 3.05) is 31.7 Å². The van der Waals surface area contributed by atoms with E-state index >= 15 is 0 Å². The standard InChI is InChI=1S/C19H24Cl2N4O5S/c1-4-30-18(28)16-11(8-26)24-19(31-16)25-6-5-10(12(7-25)29-3)23-17(27)15-14(21)13(20)9(2)22-15/h10,12,22,26H,4-8H2,1-3H3,(H,23,27)/t10-,12+/m1/s1. The zero-order chi connectivity index (χ0) is 22.7. The molecule has 0 unspecified atom stereocenters. The zero-order valence-corrected chi connectivity index (χ0v) is 19.7. The molecule has 0 bridgehead atoms. The molecule has 0 radical (unpaired) electrons. The summed E-state index contributed by atoms with van der Waals surface area (Å²) in [7, 11) is 1.57.